The summed E-state index contributed by atoms with van der Waals surface area (Å²) >= 11 is 0. The molecule has 0 saturated carbocycles. The fraction of sp³-hybridized carbons (Fsp3) is 0.0588. The Morgan fingerprint density at radius 1 is 0.590 bits per heavy atom. The first-order chi connectivity index (χ1) is 19.2. The quantitative estimate of drug-likeness (QED) is 0.226. The summed E-state index contributed by atoms with van der Waals surface area (Å²) < 4.78 is 10.9. The molecule has 8 rings (SSSR count). The van der Waals surface area contributed by atoms with Crippen LogP contribution in [0.2, 0.25) is 0 Å². The molecule has 0 fully saturated rings. The zero-order chi connectivity index (χ0) is 26.1. The first-order valence-electron chi connectivity index (χ1n) is 13.1. The van der Waals surface area contributed by atoms with Gasteiger partial charge < -0.3 is 4.74 Å². The van der Waals surface area contributed by atoms with Gasteiger partial charge in [0.2, 0.25) is 0 Å². The Morgan fingerprint density at radius 3 is 2.21 bits per heavy atom. The maximum atomic E-state index is 6.48. The van der Waals surface area contributed by atoms with E-state index in [4.69, 9.17) is 14.7 Å². The fourth-order valence-electron chi connectivity index (χ4n) is 5.87. The Balaban J connectivity index is 1.28. The Kier molecular flexibility index (Phi) is 4.58. The molecule has 0 radical (unpaired) electrons. The Labute approximate surface area is 224 Å². The highest BCUT2D eigenvalue weighted by Crippen LogP contribution is 2.36. The van der Waals surface area contributed by atoms with Crippen molar-refractivity contribution in [3.8, 4) is 17.2 Å². The summed E-state index contributed by atoms with van der Waals surface area (Å²) in [4.78, 5) is 9.66. The van der Waals surface area contributed by atoms with Crippen molar-refractivity contribution in [3.05, 3.63) is 121 Å². The molecule has 8 aromatic rings. The number of hydrogen-bond acceptors (Lipinski definition) is 3. The number of aryl methyl sites for hydroxylation is 2. The Bertz CT molecular complexity index is 2190. The van der Waals surface area contributed by atoms with E-state index in [2.05, 4.69) is 102 Å². The number of rotatable bonds is 3. The molecule has 5 heteroatoms. The average Bonchev–Trinajstić information content (AvgIpc) is 3.47. The normalized spacial score (nSPS) is 11.8. The minimum Gasteiger partial charge on any atom is -0.457 e. The molecular weight excluding hydrogens is 480 g/mol. The predicted molar refractivity (Wildman–Crippen MR) is 158 cm³/mol. The second kappa shape index (κ2) is 8.17. The first kappa shape index (κ1) is 21.9. The van der Waals surface area contributed by atoms with E-state index in [-0.39, 0.29) is 0 Å². The molecule has 0 bridgehead atoms. The topological polar surface area (TPSA) is 44.3 Å². The number of aromatic nitrogens is 4. The third-order valence-electron chi connectivity index (χ3n) is 7.76. The third kappa shape index (κ3) is 3.20. The van der Waals surface area contributed by atoms with Crippen molar-refractivity contribution in [1.29, 1.82) is 0 Å². The minimum absolute atomic E-state index is 0.765. The molecule has 4 aromatic heterocycles. The number of imidazole rings is 1. The molecule has 4 aromatic carbocycles. The number of hydrogen-bond donors (Lipinski definition) is 0. The highest BCUT2D eigenvalue weighted by atomic mass is 16.5. The molecule has 0 saturated heterocycles. The van der Waals surface area contributed by atoms with E-state index in [0.29, 0.717) is 0 Å². The van der Waals surface area contributed by atoms with E-state index < -0.39 is 0 Å². The number of fused-ring (bicyclic) bond motifs is 9. The van der Waals surface area contributed by atoms with E-state index in [1.54, 1.807) is 0 Å². The Morgan fingerprint density at radius 2 is 1.33 bits per heavy atom. The first-order valence-corrected chi connectivity index (χ1v) is 13.1. The van der Waals surface area contributed by atoms with Gasteiger partial charge in [-0.15, -0.1) is 0 Å². The van der Waals surface area contributed by atoms with Gasteiger partial charge in [-0.1, -0.05) is 42.5 Å². The molecule has 0 aliphatic rings. The molecule has 0 aliphatic carbocycles. The fourth-order valence-corrected chi connectivity index (χ4v) is 5.87. The van der Waals surface area contributed by atoms with Crippen molar-refractivity contribution >= 4 is 49.3 Å². The molecule has 4 heterocycles. The lowest BCUT2D eigenvalue weighted by atomic mass is 10.1. The highest BCUT2D eigenvalue weighted by molar-refractivity contribution is 6.12. The lowest BCUT2D eigenvalue weighted by Crippen LogP contribution is -1.96. The van der Waals surface area contributed by atoms with Gasteiger partial charge in [-0.3, -0.25) is 8.97 Å². The summed E-state index contributed by atoms with van der Waals surface area (Å²) in [5, 5.41) is 5.76. The molecule has 0 aliphatic heterocycles. The minimum atomic E-state index is 0.765. The summed E-state index contributed by atoms with van der Waals surface area (Å²) in [6, 6.07) is 35.5. The molecule has 0 unspecified atom stereocenters. The van der Waals surface area contributed by atoms with E-state index >= 15 is 0 Å². The number of para-hydroxylation sites is 2. The van der Waals surface area contributed by atoms with Gasteiger partial charge in [0.1, 0.15) is 22.8 Å². The number of nitrogens with zero attached hydrogens (tertiary/aromatic N) is 4. The van der Waals surface area contributed by atoms with Gasteiger partial charge in [-0.05, 0) is 73.8 Å². The van der Waals surface area contributed by atoms with Crippen molar-refractivity contribution in [2.75, 3.05) is 0 Å². The number of pyridine rings is 2. The maximum Gasteiger partial charge on any atom is 0.145 e. The lowest BCUT2D eigenvalue weighted by molar-refractivity contribution is 0.483. The van der Waals surface area contributed by atoms with Gasteiger partial charge in [0, 0.05) is 39.5 Å². The second-order valence-corrected chi connectivity index (χ2v) is 9.99. The van der Waals surface area contributed by atoms with Gasteiger partial charge in [0.05, 0.1) is 22.4 Å². The summed E-state index contributed by atoms with van der Waals surface area (Å²) in [6.45, 7) is 4.20. The van der Waals surface area contributed by atoms with Crippen molar-refractivity contribution < 1.29 is 4.74 Å². The van der Waals surface area contributed by atoms with Crippen LogP contribution in [0.4, 0.5) is 0 Å². The van der Waals surface area contributed by atoms with E-state index in [1.807, 2.05) is 30.5 Å². The van der Waals surface area contributed by atoms with Crippen molar-refractivity contribution in [2.45, 2.75) is 13.8 Å². The molecule has 0 spiro atoms. The SMILES string of the molecule is Cc1nc2c3cc(Oc4cccc(-n5c6ccccc6c6cccnc65)c4)ccc3c3ccccc3n2c1C. The van der Waals surface area contributed by atoms with Crippen LogP contribution >= 0.6 is 0 Å². The van der Waals surface area contributed by atoms with Gasteiger partial charge in [-0.2, -0.15) is 0 Å². The van der Waals surface area contributed by atoms with Crippen LogP contribution in [0, 0.1) is 13.8 Å². The predicted octanol–water partition coefficient (Wildman–Crippen LogP) is 8.54. The summed E-state index contributed by atoms with van der Waals surface area (Å²) in [5.41, 5.74) is 7.36. The van der Waals surface area contributed by atoms with Crippen LogP contribution in [-0.4, -0.2) is 18.9 Å². The smallest absolute Gasteiger partial charge is 0.145 e. The van der Waals surface area contributed by atoms with Crippen LogP contribution in [0.1, 0.15) is 11.4 Å². The average molecular weight is 505 g/mol. The summed E-state index contributed by atoms with van der Waals surface area (Å²) in [6.07, 6.45) is 1.84. The van der Waals surface area contributed by atoms with E-state index in [0.717, 1.165) is 56.2 Å². The third-order valence-corrected chi connectivity index (χ3v) is 7.76. The molecular formula is C34H24N4O. The van der Waals surface area contributed by atoms with Crippen molar-refractivity contribution in [3.63, 3.8) is 0 Å². The monoisotopic (exact) mass is 504 g/mol. The molecule has 0 amide bonds. The standard InChI is InChI=1S/C34H24N4O/c1-21-22(2)37-31-14-5-3-11-27(31)26-17-16-25(20-30(26)34(37)36-21)39-24-10-7-9-23(19-24)38-32-15-6-4-12-28(32)29-13-8-18-35-33(29)38/h3-20H,1-2H3. The van der Waals surface area contributed by atoms with Gasteiger partial charge in [-0.25, -0.2) is 9.97 Å². The summed E-state index contributed by atoms with van der Waals surface area (Å²) in [5.74, 6) is 1.54. The molecule has 5 nitrogen and oxygen atoms in total. The lowest BCUT2D eigenvalue weighted by Gasteiger charge is -2.13. The zero-order valence-corrected chi connectivity index (χ0v) is 21.6. The molecule has 0 N–H and O–H groups in total. The van der Waals surface area contributed by atoms with Crippen molar-refractivity contribution in [2.24, 2.45) is 0 Å². The summed E-state index contributed by atoms with van der Waals surface area (Å²) in [7, 11) is 0. The maximum absolute atomic E-state index is 6.48. The van der Waals surface area contributed by atoms with Crippen LogP contribution in [0.25, 0.3) is 54.9 Å². The number of ether oxygens (including phenoxy) is 1. The van der Waals surface area contributed by atoms with E-state index in [9.17, 15) is 0 Å². The van der Waals surface area contributed by atoms with Crippen LogP contribution in [0.3, 0.4) is 0 Å². The largest absolute Gasteiger partial charge is 0.457 e. The van der Waals surface area contributed by atoms with Crippen LogP contribution in [-0.2, 0) is 0 Å². The van der Waals surface area contributed by atoms with E-state index in [1.165, 1.54) is 21.7 Å². The van der Waals surface area contributed by atoms with Crippen LogP contribution < -0.4 is 4.74 Å². The molecule has 186 valence electrons. The van der Waals surface area contributed by atoms with Gasteiger partial charge in [0.25, 0.3) is 0 Å². The Hall–Kier alpha value is -5.16. The van der Waals surface area contributed by atoms with Crippen LogP contribution in [0.15, 0.2) is 109 Å². The highest BCUT2D eigenvalue weighted by Gasteiger charge is 2.16. The number of benzene rings is 4. The molecule has 39 heavy (non-hydrogen) atoms. The molecule has 0 atom stereocenters. The van der Waals surface area contributed by atoms with Crippen LogP contribution in [0.5, 0.6) is 11.5 Å². The zero-order valence-electron chi connectivity index (χ0n) is 21.6. The van der Waals surface area contributed by atoms with Gasteiger partial charge in [0.15, 0.2) is 0 Å². The van der Waals surface area contributed by atoms with Crippen molar-refractivity contribution in [1.82, 2.24) is 18.9 Å². The van der Waals surface area contributed by atoms with Gasteiger partial charge >= 0.3 is 0 Å². The second-order valence-electron chi connectivity index (χ2n) is 9.99.